The van der Waals surface area contributed by atoms with Crippen LogP contribution in [0.2, 0.25) is 0 Å². The van der Waals surface area contributed by atoms with E-state index in [9.17, 15) is 13.2 Å². The standard InChI is InChI=1S/C11H8BrF3N2O/c1-18-9-6-8(3-2-7(9)4-5-12)10(16-17-10)11(13,14)15/h2-6H,1H3/b5-4+/i5D. The van der Waals surface area contributed by atoms with Crippen LogP contribution in [-0.2, 0) is 5.66 Å². The molecule has 0 atom stereocenters. The van der Waals surface area contributed by atoms with Crippen LogP contribution in [0.3, 0.4) is 0 Å². The van der Waals surface area contributed by atoms with Gasteiger partial charge in [-0.3, -0.25) is 0 Å². The Balaban J connectivity index is 2.44. The van der Waals surface area contributed by atoms with Crippen LogP contribution in [0, 0.1) is 0 Å². The summed E-state index contributed by atoms with van der Waals surface area (Å²) in [5.41, 5.74) is -2.07. The fourth-order valence-corrected chi connectivity index (χ4v) is 1.80. The molecule has 0 saturated carbocycles. The summed E-state index contributed by atoms with van der Waals surface area (Å²) in [6.07, 6.45) is -3.14. The van der Waals surface area contributed by atoms with Crippen LogP contribution in [0.25, 0.3) is 6.08 Å². The number of hydrogen-bond donors (Lipinski definition) is 0. The Morgan fingerprint density at radius 3 is 2.56 bits per heavy atom. The summed E-state index contributed by atoms with van der Waals surface area (Å²) in [6, 6.07) is 3.94. The molecule has 18 heavy (non-hydrogen) atoms. The second-order valence-corrected chi connectivity index (χ2v) is 4.04. The molecule has 1 aliphatic rings. The van der Waals surface area contributed by atoms with Gasteiger partial charge in [0.2, 0.25) is 0 Å². The molecule has 3 nitrogen and oxygen atoms in total. The van der Waals surface area contributed by atoms with E-state index in [0.29, 0.717) is 5.56 Å². The molecule has 7 heteroatoms. The van der Waals surface area contributed by atoms with Gasteiger partial charge >= 0.3 is 11.8 Å². The Morgan fingerprint density at radius 1 is 1.44 bits per heavy atom. The van der Waals surface area contributed by atoms with Crippen LogP contribution in [-0.4, -0.2) is 13.3 Å². The molecule has 1 aromatic carbocycles. The van der Waals surface area contributed by atoms with Gasteiger partial charge in [-0.15, -0.1) is 10.2 Å². The Hall–Kier alpha value is -1.37. The Kier molecular flexibility index (Phi) is 2.85. The van der Waals surface area contributed by atoms with E-state index in [-0.39, 0.29) is 16.3 Å². The predicted molar refractivity (Wildman–Crippen MR) is 63.5 cm³/mol. The van der Waals surface area contributed by atoms with Crippen molar-refractivity contribution in [3.63, 3.8) is 0 Å². The maximum Gasteiger partial charge on any atom is 0.442 e. The van der Waals surface area contributed by atoms with Gasteiger partial charge in [0, 0.05) is 11.1 Å². The van der Waals surface area contributed by atoms with Gasteiger partial charge in [-0.2, -0.15) is 13.2 Å². The van der Waals surface area contributed by atoms with Crippen LogP contribution in [0.4, 0.5) is 13.2 Å². The van der Waals surface area contributed by atoms with Gasteiger partial charge in [0.15, 0.2) is 0 Å². The Labute approximate surface area is 111 Å². The zero-order chi connectivity index (χ0) is 14.3. The van der Waals surface area contributed by atoms with E-state index < -0.39 is 11.8 Å². The van der Waals surface area contributed by atoms with E-state index in [1.54, 1.807) is 0 Å². The van der Waals surface area contributed by atoms with Gasteiger partial charge < -0.3 is 4.74 Å². The summed E-state index contributed by atoms with van der Waals surface area (Å²) in [4.78, 5) is 0.0879. The van der Waals surface area contributed by atoms with Crippen LogP contribution >= 0.6 is 15.9 Å². The van der Waals surface area contributed by atoms with Crippen molar-refractivity contribution in [1.82, 2.24) is 0 Å². The second-order valence-electron chi connectivity index (χ2n) is 3.58. The van der Waals surface area contributed by atoms with Crippen molar-refractivity contribution in [3.8, 4) is 5.75 Å². The highest BCUT2D eigenvalue weighted by Crippen LogP contribution is 2.52. The molecule has 0 fully saturated rings. The largest absolute Gasteiger partial charge is 0.496 e. The lowest BCUT2D eigenvalue weighted by Gasteiger charge is -2.16. The summed E-state index contributed by atoms with van der Waals surface area (Å²) in [5, 5.41) is 6.25. The van der Waals surface area contributed by atoms with Gasteiger partial charge in [-0.25, -0.2) is 0 Å². The maximum absolute atomic E-state index is 12.9. The molecule has 0 aromatic heterocycles. The molecule has 96 valence electrons. The summed E-state index contributed by atoms with van der Waals surface area (Å²) in [7, 11) is 1.34. The van der Waals surface area contributed by atoms with Gasteiger partial charge in [0.25, 0.3) is 0 Å². The highest BCUT2D eigenvalue weighted by molar-refractivity contribution is 9.11. The van der Waals surface area contributed by atoms with Crippen LogP contribution in [0.15, 0.2) is 33.4 Å². The van der Waals surface area contributed by atoms with Crippen LogP contribution in [0.1, 0.15) is 12.5 Å². The van der Waals surface area contributed by atoms with E-state index in [1.165, 1.54) is 31.4 Å². The quantitative estimate of drug-likeness (QED) is 0.819. The summed E-state index contributed by atoms with van der Waals surface area (Å²) >= 11 is 2.93. The first kappa shape index (κ1) is 11.7. The van der Waals surface area contributed by atoms with E-state index in [1.807, 2.05) is 0 Å². The van der Waals surface area contributed by atoms with Gasteiger partial charge in [0.05, 0.1) is 8.48 Å². The Morgan fingerprint density at radius 2 is 2.11 bits per heavy atom. The topological polar surface area (TPSA) is 34.0 Å². The molecular weight excluding hydrogens is 313 g/mol. The number of halogens is 4. The predicted octanol–water partition coefficient (Wildman–Crippen LogP) is 4.24. The van der Waals surface area contributed by atoms with Crippen molar-refractivity contribution in [2.75, 3.05) is 7.11 Å². The zero-order valence-electron chi connectivity index (χ0n) is 10.1. The number of alkyl halides is 3. The van der Waals surface area contributed by atoms with Crippen LogP contribution in [0.5, 0.6) is 5.75 Å². The van der Waals surface area contributed by atoms with Crippen molar-refractivity contribution >= 4 is 22.0 Å². The van der Waals surface area contributed by atoms with Crippen molar-refractivity contribution < 1.29 is 19.3 Å². The minimum absolute atomic E-state index is 0.0879. The molecule has 0 unspecified atom stereocenters. The molecule has 2 rings (SSSR count). The highest BCUT2D eigenvalue weighted by atomic mass is 79.9. The van der Waals surface area contributed by atoms with Crippen molar-refractivity contribution in [2.45, 2.75) is 11.8 Å². The molecule has 0 spiro atoms. The summed E-state index contributed by atoms with van der Waals surface area (Å²) in [5.74, 6) is 0.225. The monoisotopic (exact) mass is 321 g/mol. The fraction of sp³-hybridized carbons (Fsp3) is 0.273. The first-order valence-corrected chi connectivity index (χ1v) is 5.62. The van der Waals surface area contributed by atoms with Crippen molar-refractivity contribution in [1.29, 1.82) is 0 Å². The average molecular weight is 322 g/mol. The lowest BCUT2D eigenvalue weighted by molar-refractivity contribution is -0.166. The number of ether oxygens (including phenoxy) is 1. The lowest BCUT2D eigenvalue weighted by atomic mass is 10.0. The molecule has 1 aromatic rings. The lowest BCUT2D eigenvalue weighted by Crippen LogP contribution is -2.30. The van der Waals surface area contributed by atoms with E-state index in [4.69, 9.17) is 6.11 Å². The fourth-order valence-electron chi connectivity index (χ4n) is 1.55. The SMILES string of the molecule is [2H]/C(Br)=C\c1ccc(C2(C(F)(F)F)N=N2)cc1OC. The highest BCUT2D eigenvalue weighted by Gasteiger charge is 2.65. The molecule has 0 amide bonds. The third kappa shape index (κ3) is 2.03. The summed E-state index contributed by atoms with van der Waals surface area (Å²) < 4.78 is 50.9. The Bertz CT molecular complexity index is 562. The number of methoxy groups -OCH3 is 1. The molecule has 0 aliphatic carbocycles. The van der Waals surface area contributed by atoms with E-state index >= 15 is 0 Å². The number of nitrogens with zero attached hydrogens (tertiary/aromatic N) is 2. The first-order valence-electron chi connectivity index (χ1n) is 5.33. The average Bonchev–Trinajstić information content (AvgIpc) is 3.09. The number of rotatable bonds is 3. The van der Waals surface area contributed by atoms with Crippen LogP contribution < -0.4 is 4.74 Å². The second kappa shape index (κ2) is 4.38. The zero-order valence-corrected chi connectivity index (χ0v) is 10.7. The normalized spacial score (nSPS) is 18.5. The molecular formula is C11H8BrF3N2O. The van der Waals surface area contributed by atoms with Gasteiger partial charge in [-0.05, 0) is 17.1 Å². The van der Waals surface area contributed by atoms with Gasteiger partial charge in [0.1, 0.15) is 5.75 Å². The molecule has 0 radical (unpaired) electrons. The number of hydrogen-bond acceptors (Lipinski definition) is 3. The summed E-state index contributed by atoms with van der Waals surface area (Å²) in [6.45, 7) is 0. The first-order chi connectivity index (χ1) is 8.80. The van der Waals surface area contributed by atoms with E-state index in [0.717, 1.165) is 0 Å². The minimum atomic E-state index is -4.56. The molecule has 1 heterocycles. The minimum Gasteiger partial charge on any atom is -0.496 e. The molecule has 1 aliphatic heterocycles. The third-order valence-corrected chi connectivity index (χ3v) is 2.77. The third-order valence-electron chi connectivity index (χ3n) is 2.54. The van der Waals surface area contributed by atoms with Gasteiger partial charge in [-0.1, -0.05) is 28.1 Å². The van der Waals surface area contributed by atoms with Crippen molar-refractivity contribution in [3.05, 3.63) is 34.3 Å². The number of benzene rings is 1. The maximum atomic E-state index is 12.9. The van der Waals surface area contributed by atoms with E-state index in [2.05, 4.69) is 26.2 Å². The molecule has 0 bridgehead atoms. The molecule has 0 N–H and O–H groups in total. The smallest absolute Gasteiger partial charge is 0.442 e. The van der Waals surface area contributed by atoms with Crippen molar-refractivity contribution in [2.24, 2.45) is 10.2 Å². The molecule has 0 saturated heterocycles.